The molecule has 0 bridgehead atoms. The van der Waals surface area contributed by atoms with Crippen molar-refractivity contribution in [3.05, 3.63) is 24.5 Å². The molecule has 0 aliphatic carbocycles. The summed E-state index contributed by atoms with van der Waals surface area (Å²) in [7, 11) is -3.77. The molecule has 1 fully saturated rings. The number of carbonyl (C=O) groups is 1. The van der Waals surface area contributed by atoms with E-state index in [2.05, 4.69) is 4.98 Å². The summed E-state index contributed by atoms with van der Waals surface area (Å²) < 4.78 is 25.7. The Morgan fingerprint density at radius 3 is 2.83 bits per heavy atom. The number of rotatable bonds is 3. The molecule has 0 unspecified atom stereocenters. The molecule has 2 rings (SSSR count). The van der Waals surface area contributed by atoms with Crippen molar-refractivity contribution in [1.82, 2.24) is 9.29 Å². The normalized spacial score (nSPS) is 21.7. The van der Waals surface area contributed by atoms with E-state index in [4.69, 9.17) is 5.11 Å². The van der Waals surface area contributed by atoms with Crippen LogP contribution in [-0.2, 0) is 14.8 Å². The quantitative estimate of drug-likeness (QED) is 0.874. The third kappa shape index (κ3) is 2.37. The van der Waals surface area contributed by atoms with Crippen LogP contribution in [0.15, 0.2) is 29.4 Å². The van der Waals surface area contributed by atoms with Gasteiger partial charge in [0.05, 0.1) is 0 Å². The molecule has 0 spiro atoms. The second-order valence-electron chi connectivity index (χ2n) is 4.15. The highest BCUT2D eigenvalue weighted by atomic mass is 32.2. The first kappa shape index (κ1) is 13.0. The molecule has 1 aromatic heterocycles. The van der Waals surface area contributed by atoms with E-state index in [0.717, 1.165) is 10.7 Å². The molecular weight excluding hydrogens is 256 g/mol. The number of piperidine rings is 1. The Labute approximate surface area is 105 Å². The lowest BCUT2D eigenvalue weighted by atomic mass is 10.1. The monoisotopic (exact) mass is 270 g/mol. The van der Waals surface area contributed by atoms with Crippen LogP contribution in [0, 0.1) is 0 Å². The van der Waals surface area contributed by atoms with Crippen LogP contribution in [-0.4, -0.2) is 41.4 Å². The van der Waals surface area contributed by atoms with Crippen molar-refractivity contribution in [1.29, 1.82) is 0 Å². The van der Waals surface area contributed by atoms with Gasteiger partial charge in [-0.15, -0.1) is 0 Å². The second kappa shape index (κ2) is 5.03. The first-order valence-corrected chi connectivity index (χ1v) is 7.12. The molecule has 1 N–H and O–H groups in total. The van der Waals surface area contributed by atoms with Crippen LogP contribution in [0.2, 0.25) is 0 Å². The number of aliphatic carboxylic acids is 1. The highest BCUT2D eigenvalue weighted by molar-refractivity contribution is 7.89. The van der Waals surface area contributed by atoms with Crippen molar-refractivity contribution in [2.75, 3.05) is 6.54 Å². The van der Waals surface area contributed by atoms with Gasteiger partial charge in [0.1, 0.15) is 10.9 Å². The van der Waals surface area contributed by atoms with E-state index in [1.807, 2.05) is 0 Å². The lowest BCUT2D eigenvalue weighted by Gasteiger charge is -2.31. The Morgan fingerprint density at radius 1 is 1.44 bits per heavy atom. The van der Waals surface area contributed by atoms with Gasteiger partial charge in [0, 0.05) is 18.9 Å². The highest BCUT2D eigenvalue weighted by Gasteiger charge is 2.37. The topological polar surface area (TPSA) is 87.6 Å². The van der Waals surface area contributed by atoms with Crippen molar-refractivity contribution in [2.45, 2.75) is 30.2 Å². The Hall–Kier alpha value is -1.47. The maximum Gasteiger partial charge on any atom is 0.322 e. The standard InChI is InChI=1S/C11H14N2O4S/c14-11(15)10-5-1-2-7-13(10)18(16,17)9-4-3-6-12-8-9/h3-4,6,8,10H,1-2,5,7H2,(H,14,15)/t10-/m1/s1. The third-order valence-corrected chi connectivity index (χ3v) is 4.87. The van der Waals surface area contributed by atoms with E-state index in [1.54, 1.807) is 0 Å². The maximum absolute atomic E-state index is 12.3. The van der Waals surface area contributed by atoms with Crippen molar-refractivity contribution in [3.8, 4) is 0 Å². The predicted molar refractivity (Wildman–Crippen MR) is 63.4 cm³/mol. The predicted octanol–water partition coefficient (Wildman–Crippen LogP) is 0.709. The summed E-state index contributed by atoms with van der Waals surface area (Å²) in [6.07, 6.45) is 4.49. The summed E-state index contributed by atoms with van der Waals surface area (Å²) >= 11 is 0. The number of aromatic nitrogens is 1. The molecular formula is C11H14N2O4S. The van der Waals surface area contributed by atoms with Gasteiger partial charge in [-0.05, 0) is 31.4 Å². The smallest absolute Gasteiger partial charge is 0.322 e. The largest absolute Gasteiger partial charge is 0.480 e. The first-order valence-electron chi connectivity index (χ1n) is 5.68. The van der Waals surface area contributed by atoms with Crippen LogP contribution in [0.25, 0.3) is 0 Å². The summed E-state index contributed by atoms with van der Waals surface area (Å²) in [5.41, 5.74) is 0. The molecule has 1 aromatic rings. The Morgan fingerprint density at radius 2 is 2.22 bits per heavy atom. The van der Waals surface area contributed by atoms with Crippen LogP contribution in [0.1, 0.15) is 19.3 Å². The average molecular weight is 270 g/mol. The van der Waals surface area contributed by atoms with E-state index in [9.17, 15) is 13.2 Å². The third-order valence-electron chi connectivity index (χ3n) is 2.98. The minimum absolute atomic E-state index is 0.0400. The minimum atomic E-state index is -3.77. The molecule has 0 aromatic carbocycles. The van der Waals surface area contributed by atoms with Crippen molar-refractivity contribution in [3.63, 3.8) is 0 Å². The molecule has 18 heavy (non-hydrogen) atoms. The highest BCUT2D eigenvalue weighted by Crippen LogP contribution is 2.24. The number of sulfonamides is 1. The molecule has 7 heteroatoms. The molecule has 6 nitrogen and oxygen atoms in total. The fourth-order valence-corrected chi connectivity index (χ4v) is 3.69. The van der Waals surface area contributed by atoms with Gasteiger partial charge in [-0.2, -0.15) is 4.31 Å². The fourth-order valence-electron chi connectivity index (χ4n) is 2.07. The number of pyridine rings is 1. The second-order valence-corrected chi connectivity index (χ2v) is 6.04. The lowest BCUT2D eigenvalue weighted by molar-refractivity contribution is -0.142. The maximum atomic E-state index is 12.3. The van der Waals surface area contributed by atoms with E-state index in [-0.39, 0.29) is 11.4 Å². The number of hydrogen-bond acceptors (Lipinski definition) is 4. The summed E-state index contributed by atoms with van der Waals surface area (Å²) in [6.45, 7) is 0.244. The molecule has 0 amide bonds. The van der Waals surface area contributed by atoms with Crippen molar-refractivity contribution in [2.24, 2.45) is 0 Å². The van der Waals surface area contributed by atoms with Crippen LogP contribution in [0.5, 0.6) is 0 Å². The van der Waals surface area contributed by atoms with E-state index in [0.29, 0.717) is 12.8 Å². The Kier molecular flexibility index (Phi) is 3.63. The summed E-state index contributed by atoms with van der Waals surface area (Å²) in [5.74, 6) is -1.10. The molecule has 1 aliphatic heterocycles. The van der Waals surface area contributed by atoms with E-state index >= 15 is 0 Å². The van der Waals surface area contributed by atoms with Crippen LogP contribution >= 0.6 is 0 Å². The number of carboxylic acid groups (broad SMARTS) is 1. The zero-order valence-electron chi connectivity index (χ0n) is 9.69. The van der Waals surface area contributed by atoms with Gasteiger partial charge < -0.3 is 5.11 Å². The van der Waals surface area contributed by atoms with Crippen LogP contribution in [0.4, 0.5) is 0 Å². The molecule has 98 valence electrons. The molecule has 0 saturated carbocycles. The van der Waals surface area contributed by atoms with Crippen LogP contribution in [0.3, 0.4) is 0 Å². The van der Waals surface area contributed by atoms with Crippen molar-refractivity contribution < 1.29 is 18.3 Å². The van der Waals surface area contributed by atoms with Gasteiger partial charge in [-0.25, -0.2) is 8.42 Å². The van der Waals surface area contributed by atoms with Crippen LogP contribution < -0.4 is 0 Å². The number of hydrogen-bond donors (Lipinski definition) is 1. The van der Waals surface area contributed by atoms with E-state index in [1.165, 1.54) is 24.5 Å². The molecule has 1 atom stereocenters. The minimum Gasteiger partial charge on any atom is -0.480 e. The van der Waals surface area contributed by atoms with Gasteiger partial charge in [0.2, 0.25) is 10.0 Å². The SMILES string of the molecule is O=C(O)[C@H]1CCCCN1S(=O)(=O)c1cccnc1. The van der Waals surface area contributed by atoms with Gasteiger partial charge in [0.15, 0.2) is 0 Å². The lowest BCUT2D eigenvalue weighted by Crippen LogP contribution is -2.47. The average Bonchev–Trinajstić information content (AvgIpc) is 2.39. The summed E-state index contributed by atoms with van der Waals surface area (Å²) in [6, 6.07) is 1.98. The molecule has 0 radical (unpaired) electrons. The van der Waals surface area contributed by atoms with Gasteiger partial charge >= 0.3 is 5.97 Å². The summed E-state index contributed by atoms with van der Waals surface area (Å²) in [5, 5.41) is 9.10. The first-order chi connectivity index (χ1) is 8.53. The number of carboxylic acids is 1. The summed E-state index contributed by atoms with van der Waals surface area (Å²) in [4.78, 5) is 14.9. The van der Waals surface area contributed by atoms with Gasteiger partial charge in [0.25, 0.3) is 0 Å². The fraction of sp³-hybridized carbons (Fsp3) is 0.455. The molecule has 2 heterocycles. The Balaban J connectivity index is 2.36. The molecule has 1 saturated heterocycles. The van der Waals surface area contributed by atoms with E-state index < -0.39 is 22.0 Å². The Bertz CT molecular complexity index is 529. The zero-order chi connectivity index (χ0) is 13.2. The zero-order valence-corrected chi connectivity index (χ0v) is 10.5. The van der Waals surface area contributed by atoms with Gasteiger partial charge in [-0.3, -0.25) is 9.78 Å². The number of nitrogens with zero attached hydrogens (tertiary/aromatic N) is 2. The van der Waals surface area contributed by atoms with Crippen molar-refractivity contribution >= 4 is 16.0 Å². The van der Waals surface area contributed by atoms with Gasteiger partial charge in [-0.1, -0.05) is 0 Å². The molecule has 1 aliphatic rings.